The molecule has 126 valence electrons. The number of aryl methyl sites for hydroxylation is 1. The average Bonchev–Trinajstić information content (AvgIpc) is 2.49. The average molecular weight is 336 g/mol. The topological polar surface area (TPSA) is 60.4 Å². The van der Waals surface area contributed by atoms with Crippen LogP contribution in [0.5, 0.6) is 0 Å². The quantitative estimate of drug-likeness (QED) is 0.791. The van der Waals surface area contributed by atoms with Crippen LogP contribution in [0, 0.1) is 18.3 Å². The van der Waals surface area contributed by atoms with Gasteiger partial charge in [0.15, 0.2) is 0 Å². The number of carbonyl (C=O) groups is 1. The van der Waals surface area contributed by atoms with Gasteiger partial charge in [0, 0.05) is 12.8 Å². The van der Waals surface area contributed by atoms with Crippen LogP contribution in [0.4, 0.5) is 0 Å². The van der Waals surface area contributed by atoms with E-state index >= 15 is 0 Å². The first-order valence-corrected chi connectivity index (χ1v) is 9.74. The molecule has 0 heterocycles. The molecule has 0 aromatic heterocycles. The lowest BCUT2D eigenvalue weighted by Crippen LogP contribution is -2.48. The molecule has 0 amide bonds. The third-order valence-corrected chi connectivity index (χ3v) is 6.99. The molecule has 0 spiro atoms. The fourth-order valence-corrected chi connectivity index (χ4v) is 5.23. The van der Waals surface area contributed by atoms with Gasteiger partial charge in [-0.3, -0.25) is 8.98 Å². The van der Waals surface area contributed by atoms with Crippen LogP contribution in [0.15, 0.2) is 29.2 Å². The van der Waals surface area contributed by atoms with E-state index in [1.54, 1.807) is 24.3 Å². The molecule has 0 bridgehead atoms. The van der Waals surface area contributed by atoms with E-state index < -0.39 is 10.1 Å². The SMILES string of the molecule is Cc1ccc(S(=O)(=O)O[C@H]2CCC[C@H]3CC(=O)CC[C@@]32C)cc1. The molecule has 0 saturated heterocycles. The number of hydrogen-bond acceptors (Lipinski definition) is 4. The Hall–Kier alpha value is -1.20. The molecule has 2 saturated carbocycles. The van der Waals surface area contributed by atoms with Crippen molar-refractivity contribution in [3.05, 3.63) is 29.8 Å². The highest BCUT2D eigenvalue weighted by atomic mass is 32.2. The highest BCUT2D eigenvalue weighted by Crippen LogP contribution is 2.51. The summed E-state index contributed by atoms with van der Waals surface area (Å²) in [5.41, 5.74) is 0.795. The normalized spacial score (nSPS) is 31.7. The van der Waals surface area contributed by atoms with Crippen LogP contribution in [0.3, 0.4) is 0 Å². The molecule has 0 radical (unpaired) electrons. The van der Waals surface area contributed by atoms with Crippen molar-refractivity contribution in [2.24, 2.45) is 11.3 Å². The number of carbonyl (C=O) groups excluding carboxylic acids is 1. The summed E-state index contributed by atoms with van der Waals surface area (Å²) in [6, 6.07) is 6.75. The smallest absolute Gasteiger partial charge is 0.297 e. The first kappa shape index (κ1) is 16.7. The molecule has 3 rings (SSSR count). The van der Waals surface area contributed by atoms with Gasteiger partial charge in [-0.15, -0.1) is 0 Å². The Bertz CT molecular complexity index is 692. The van der Waals surface area contributed by atoms with Crippen molar-refractivity contribution in [3.8, 4) is 0 Å². The first-order chi connectivity index (χ1) is 10.8. The minimum atomic E-state index is -3.76. The predicted octanol–water partition coefficient (Wildman–Crippen LogP) is 3.63. The third-order valence-electron chi connectivity index (χ3n) is 5.66. The number of Topliss-reactive ketones (excluding diaryl/α,β-unsaturated/α-hetero) is 1. The van der Waals surface area contributed by atoms with Gasteiger partial charge in [0.05, 0.1) is 11.0 Å². The van der Waals surface area contributed by atoms with Crippen LogP contribution in [0.1, 0.15) is 51.0 Å². The zero-order valence-electron chi connectivity index (χ0n) is 13.7. The van der Waals surface area contributed by atoms with Crippen LogP contribution in [0.25, 0.3) is 0 Å². The van der Waals surface area contributed by atoms with Gasteiger partial charge in [0.2, 0.25) is 0 Å². The number of hydrogen-bond donors (Lipinski definition) is 0. The minimum absolute atomic E-state index is 0.209. The summed E-state index contributed by atoms with van der Waals surface area (Å²) in [7, 11) is -3.76. The Morgan fingerprint density at radius 3 is 2.57 bits per heavy atom. The van der Waals surface area contributed by atoms with Gasteiger partial charge in [0.25, 0.3) is 10.1 Å². The molecule has 0 unspecified atom stereocenters. The zero-order valence-corrected chi connectivity index (χ0v) is 14.6. The van der Waals surface area contributed by atoms with Gasteiger partial charge in [-0.1, -0.05) is 31.0 Å². The summed E-state index contributed by atoms with van der Waals surface area (Å²) in [6.07, 6.45) is 4.16. The van der Waals surface area contributed by atoms with Gasteiger partial charge in [-0.2, -0.15) is 8.42 Å². The van der Waals surface area contributed by atoms with Gasteiger partial charge >= 0.3 is 0 Å². The van der Waals surface area contributed by atoms with Crippen LogP contribution < -0.4 is 0 Å². The van der Waals surface area contributed by atoms with Crippen molar-refractivity contribution in [2.45, 2.75) is 63.4 Å². The molecule has 5 heteroatoms. The van der Waals surface area contributed by atoms with Crippen molar-refractivity contribution in [3.63, 3.8) is 0 Å². The highest BCUT2D eigenvalue weighted by Gasteiger charge is 2.49. The number of rotatable bonds is 3. The Morgan fingerprint density at radius 2 is 1.87 bits per heavy atom. The van der Waals surface area contributed by atoms with E-state index in [0.717, 1.165) is 31.2 Å². The third kappa shape index (κ3) is 3.22. The molecular weight excluding hydrogens is 312 g/mol. The van der Waals surface area contributed by atoms with E-state index in [9.17, 15) is 13.2 Å². The van der Waals surface area contributed by atoms with Crippen molar-refractivity contribution in [2.75, 3.05) is 0 Å². The molecule has 3 atom stereocenters. The Balaban J connectivity index is 1.83. The molecular formula is C18H24O4S. The summed E-state index contributed by atoms with van der Waals surface area (Å²) in [6.45, 7) is 4.02. The van der Waals surface area contributed by atoms with Crippen molar-refractivity contribution in [1.82, 2.24) is 0 Å². The van der Waals surface area contributed by atoms with Gasteiger partial charge in [0.1, 0.15) is 5.78 Å². The summed E-state index contributed by atoms with van der Waals surface area (Å²) in [4.78, 5) is 12.0. The Morgan fingerprint density at radius 1 is 1.17 bits per heavy atom. The maximum Gasteiger partial charge on any atom is 0.297 e. The lowest BCUT2D eigenvalue weighted by Gasteiger charge is -2.49. The lowest BCUT2D eigenvalue weighted by atomic mass is 9.59. The molecule has 2 aliphatic rings. The second kappa shape index (κ2) is 6.02. The van der Waals surface area contributed by atoms with Crippen LogP contribution >= 0.6 is 0 Å². The van der Waals surface area contributed by atoms with E-state index in [1.807, 2.05) is 6.92 Å². The monoisotopic (exact) mass is 336 g/mol. The summed E-state index contributed by atoms with van der Waals surface area (Å²) >= 11 is 0. The second-order valence-electron chi connectivity index (χ2n) is 7.23. The molecule has 1 aromatic carbocycles. The standard InChI is InChI=1S/C18H24O4S/c1-13-6-8-16(9-7-13)23(20,21)22-17-5-3-4-14-12-15(19)10-11-18(14,17)2/h6-9,14,17H,3-5,10-12H2,1-2H3/t14-,17-,18-/m0/s1. The van der Waals surface area contributed by atoms with E-state index in [0.29, 0.717) is 18.6 Å². The van der Waals surface area contributed by atoms with Crippen molar-refractivity contribution >= 4 is 15.9 Å². The highest BCUT2D eigenvalue weighted by molar-refractivity contribution is 7.86. The van der Waals surface area contributed by atoms with Crippen molar-refractivity contribution < 1.29 is 17.4 Å². The fraction of sp³-hybridized carbons (Fsp3) is 0.611. The van der Waals surface area contributed by atoms with Gasteiger partial charge in [-0.05, 0) is 49.7 Å². The molecule has 23 heavy (non-hydrogen) atoms. The molecule has 2 aliphatic carbocycles. The van der Waals surface area contributed by atoms with E-state index in [4.69, 9.17) is 4.18 Å². The van der Waals surface area contributed by atoms with E-state index in [-0.39, 0.29) is 22.3 Å². The van der Waals surface area contributed by atoms with Gasteiger partial charge in [-0.25, -0.2) is 0 Å². The largest absolute Gasteiger partial charge is 0.300 e. The van der Waals surface area contributed by atoms with E-state index in [2.05, 4.69) is 6.92 Å². The Labute approximate surface area is 138 Å². The van der Waals surface area contributed by atoms with Crippen molar-refractivity contribution in [1.29, 1.82) is 0 Å². The second-order valence-corrected chi connectivity index (χ2v) is 8.80. The number of fused-ring (bicyclic) bond motifs is 1. The van der Waals surface area contributed by atoms with Gasteiger partial charge < -0.3 is 0 Å². The number of benzene rings is 1. The fourth-order valence-electron chi connectivity index (χ4n) is 4.03. The Kier molecular flexibility index (Phi) is 4.36. The summed E-state index contributed by atoms with van der Waals surface area (Å²) in [5.74, 6) is 0.547. The lowest BCUT2D eigenvalue weighted by molar-refractivity contribution is -0.130. The van der Waals surface area contributed by atoms with Crippen LogP contribution in [0.2, 0.25) is 0 Å². The summed E-state index contributed by atoms with van der Waals surface area (Å²) < 4.78 is 30.9. The molecule has 4 nitrogen and oxygen atoms in total. The molecule has 0 N–H and O–H groups in total. The minimum Gasteiger partial charge on any atom is -0.300 e. The van der Waals surface area contributed by atoms with Crippen LogP contribution in [-0.4, -0.2) is 20.3 Å². The first-order valence-electron chi connectivity index (χ1n) is 8.33. The van der Waals surface area contributed by atoms with Crippen LogP contribution in [-0.2, 0) is 19.1 Å². The summed E-state index contributed by atoms with van der Waals surface area (Å²) in [5, 5.41) is 0. The zero-order chi connectivity index (χ0) is 16.7. The molecule has 2 fully saturated rings. The maximum absolute atomic E-state index is 12.6. The maximum atomic E-state index is 12.6. The number of ketones is 1. The molecule has 0 aliphatic heterocycles. The van der Waals surface area contributed by atoms with E-state index in [1.165, 1.54) is 0 Å². The molecule has 1 aromatic rings. The predicted molar refractivity (Wildman–Crippen MR) is 87.5 cm³/mol.